The molecule has 6 heteroatoms. The Labute approximate surface area is 88.0 Å². The predicted octanol–water partition coefficient (Wildman–Crippen LogP) is -0.0657. The molecular weight excluding hydrogens is 198 g/mol. The predicted molar refractivity (Wildman–Crippen MR) is 53.7 cm³/mol. The molecule has 0 unspecified atom stereocenters. The molecule has 1 rings (SSSR count). The molecule has 0 bridgehead atoms. The van der Waals surface area contributed by atoms with Crippen molar-refractivity contribution in [2.45, 2.75) is 6.42 Å². The number of carbonyl (C=O) groups is 1. The van der Waals surface area contributed by atoms with Crippen molar-refractivity contribution in [2.24, 2.45) is 12.8 Å². The minimum atomic E-state index is -0.502. The van der Waals surface area contributed by atoms with Crippen LogP contribution in [0.4, 0.5) is 0 Å². The van der Waals surface area contributed by atoms with Crippen LogP contribution in [0, 0.1) is 0 Å². The van der Waals surface area contributed by atoms with Crippen LogP contribution in [0.5, 0.6) is 5.75 Å². The molecule has 0 radical (unpaired) electrons. The van der Waals surface area contributed by atoms with Gasteiger partial charge in [-0.3, -0.25) is 4.68 Å². The zero-order chi connectivity index (χ0) is 11.3. The molecule has 15 heavy (non-hydrogen) atoms. The fourth-order valence-electron chi connectivity index (χ4n) is 1.08. The van der Waals surface area contributed by atoms with Crippen molar-refractivity contribution >= 4 is 5.97 Å². The maximum absolute atomic E-state index is 11.3. The molecule has 1 aromatic rings. The van der Waals surface area contributed by atoms with Crippen molar-refractivity contribution in [2.75, 3.05) is 20.3 Å². The molecule has 0 aliphatic carbocycles. The largest absolute Gasteiger partial charge is 0.489 e. The van der Waals surface area contributed by atoms with Crippen LogP contribution in [0.3, 0.4) is 0 Å². The maximum atomic E-state index is 11.3. The average molecular weight is 213 g/mol. The molecule has 0 aliphatic rings. The second-order valence-corrected chi connectivity index (χ2v) is 3.00. The molecule has 0 saturated carbocycles. The van der Waals surface area contributed by atoms with Gasteiger partial charge in [0.15, 0.2) is 5.75 Å². The lowest BCUT2D eigenvalue weighted by atomic mass is 10.4. The van der Waals surface area contributed by atoms with E-state index < -0.39 is 5.97 Å². The summed E-state index contributed by atoms with van der Waals surface area (Å²) in [6.07, 6.45) is 2.36. The number of hydrogen-bond acceptors (Lipinski definition) is 5. The van der Waals surface area contributed by atoms with Gasteiger partial charge in [0.25, 0.3) is 0 Å². The molecule has 0 atom stereocenters. The van der Waals surface area contributed by atoms with E-state index in [1.54, 1.807) is 13.2 Å². The van der Waals surface area contributed by atoms with Crippen LogP contribution in [0.1, 0.15) is 16.9 Å². The van der Waals surface area contributed by atoms with Gasteiger partial charge in [0, 0.05) is 7.05 Å². The monoisotopic (exact) mass is 213 g/mol. The highest BCUT2D eigenvalue weighted by molar-refractivity contribution is 5.90. The van der Waals surface area contributed by atoms with Gasteiger partial charge in [-0.15, -0.1) is 0 Å². The van der Waals surface area contributed by atoms with E-state index in [1.165, 1.54) is 11.8 Å². The van der Waals surface area contributed by atoms with E-state index in [2.05, 4.69) is 9.84 Å². The first-order valence-electron chi connectivity index (χ1n) is 4.64. The number of esters is 1. The second-order valence-electron chi connectivity index (χ2n) is 3.00. The number of aromatic nitrogens is 2. The Morgan fingerprint density at radius 1 is 1.67 bits per heavy atom. The Bertz CT molecular complexity index is 335. The Kier molecular flexibility index (Phi) is 4.11. The molecule has 0 amide bonds. The topological polar surface area (TPSA) is 79.4 Å². The van der Waals surface area contributed by atoms with E-state index in [4.69, 9.17) is 10.5 Å². The Hall–Kier alpha value is -1.56. The summed E-state index contributed by atoms with van der Waals surface area (Å²) in [4.78, 5) is 11.3. The highest BCUT2D eigenvalue weighted by Gasteiger charge is 2.17. The zero-order valence-corrected chi connectivity index (χ0v) is 8.90. The van der Waals surface area contributed by atoms with Crippen LogP contribution in [0.25, 0.3) is 0 Å². The molecule has 0 saturated heterocycles. The molecule has 84 valence electrons. The number of hydrogen-bond donors (Lipinski definition) is 1. The lowest BCUT2D eigenvalue weighted by molar-refractivity contribution is 0.0588. The lowest BCUT2D eigenvalue weighted by Gasteiger charge is -2.03. The Morgan fingerprint density at radius 2 is 2.40 bits per heavy atom. The van der Waals surface area contributed by atoms with E-state index in [9.17, 15) is 4.79 Å². The SMILES string of the molecule is COC(=O)c1nn(C)cc1OCCCN. The minimum Gasteiger partial charge on any atom is -0.489 e. The molecule has 0 aromatic carbocycles. The minimum absolute atomic E-state index is 0.192. The summed E-state index contributed by atoms with van der Waals surface area (Å²) in [5, 5.41) is 3.95. The highest BCUT2D eigenvalue weighted by Crippen LogP contribution is 2.17. The molecule has 6 nitrogen and oxygen atoms in total. The third kappa shape index (κ3) is 2.95. The van der Waals surface area contributed by atoms with E-state index in [1.807, 2.05) is 0 Å². The van der Waals surface area contributed by atoms with E-state index in [-0.39, 0.29) is 5.69 Å². The van der Waals surface area contributed by atoms with Crippen molar-refractivity contribution in [3.8, 4) is 5.75 Å². The van der Waals surface area contributed by atoms with Crippen LogP contribution < -0.4 is 10.5 Å². The van der Waals surface area contributed by atoms with Crippen LogP contribution in [0.2, 0.25) is 0 Å². The van der Waals surface area contributed by atoms with Crippen molar-refractivity contribution in [3.63, 3.8) is 0 Å². The first-order valence-corrected chi connectivity index (χ1v) is 4.64. The number of methoxy groups -OCH3 is 1. The number of aryl methyl sites for hydroxylation is 1. The van der Waals surface area contributed by atoms with Crippen LogP contribution in [0.15, 0.2) is 6.20 Å². The molecule has 1 heterocycles. The van der Waals surface area contributed by atoms with Gasteiger partial charge in [-0.2, -0.15) is 5.10 Å². The number of carbonyl (C=O) groups excluding carboxylic acids is 1. The smallest absolute Gasteiger partial charge is 0.362 e. The van der Waals surface area contributed by atoms with E-state index in [0.29, 0.717) is 18.9 Å². The number of rotatable bonds is 5. The highest BCUT2D eigenvalue weighted by atomic mass is 16.5. The van der Waals surface area contributed by atoms with Gasteiger partial charge >= 0.3 is 5.97 Å². The fraction of sp³-hybridized carbons (Fsp3) is 0.556. The van der Waals surface area contributed by atoms with Crippen molar-refractivity contribution in [1.29, 1.82) is 0 Å². The standard InChI is InChI=1S/C9H15N3O3/c1-12-6-7(15-5-3-4-10)8(11-12)9(13)14-2/h6H,3-5,10H2,1-2H3. The first kappa shape index (κ1) is 11.5. The quantitative estimate of drug-likeness (QED) is 0.547. The third-order valence-electron chi connectivity index (χ3n) is 1.78. The summed E-state index contributed by atoms with van der Waals surface area (Å²) in [6, 6.07) is 0. The van der Waals surface area contributed by atoms with Gasteiger partial charge < -0.3 is 15.2 Å². The van der Waals surface area contributed by atoms with Crippen LogP contribution >= 0.6 is 0 Å². The van der Waals surface area contributed by atoms with Gasteiger partial charge in [0.2, 0.25) is 5.69 Å². The number of nitrogens with two attached hydrogens (primary N) is 1. The first-order chi connectivity index (χ1) is 7.19. The zero-order valence-electron chi connectivity index (χ0n) is 8.90. The normalized spacial score (nSPS) is 10.1. The van der Waals surface area contributed by atoms with Crippen LogP contribution in [-0.2, 0) is 11.8 Å². The number of ether oxygens (including phenoxy) is 2. The van der Waals surface area contributed by atoms with Gasteiger partial charge in [-0.05, 0) is 13.0 Å². The maximum Gasteiger partial charge on any atom is 0.362 e. The fourth-order valence-corrected chi connectivity index (χ4v) is 1.08. The van der Waals surface area contributed by atoms with Gasteiger partial charge in [0.1, 0.15) is 0 Å². The summed E-state index contributed by atoms with van der Waals surface area (Å²) in [6.45, 7) is 1.01. The van der Waals surface area contributed by atoms with E-state index >= 15 is 0 Å². The van der Waals surface area contributed by atoms with Crippen molar-refractivity contribution < 1.29 is 14.3 Å². The van der Waals surface area contributed by atoms with Gasteiger partial charge in [-0.25, -0.2) is 4.79 Å². The summed E-state index contributed by atoms with van der Waals surface area (Å²) in [7, 11) is 3.02. The van der Waals surface area contributed by atoms with Gasteiger partial charge in [0.05, 0.1) is 19.9 Å². The van der Waals surface area contributed by atoms with E-state index in [0.717, 1.165) is 6.42 Å². The van der Waals surface area contributed by atoms with Crippen LogP contribution in [-0.4, -0.2) is 36.0 Å². The molecule has 0 fully saturated rings. The van der Waals surface area contributed by atoms with Crippen molar-refractivity contribution in [3.05, 3.63) is 11.9 Å². The Balaban J connectivity index is 2.72. The molecule has 0 spiro atoms. The second kappa shape index (κ2) is 5.35. The Morgan fingerprint density at radius 3 is 3.00 bits per heavy atom. The molecule has 2 N–H and O–H groups in total. The molecular formula is C9H15N3O3. The molecule has 0 aliphatic heterocycles. The van der Waals surface area contributed by atoms with Gasteiger partial charge in [-0.1, -0.05) is 0 Å². The summed E-state index contributed by atoms with van der Waals surface area (Å²) in [5.74, 6) is -0.0730. The third-order valence-corrected chi connectivity index (χ3v) is 1.78. The van der Waals surface area contributed by atoms with Crippen molar-refractivity contribution in [1.82, 2.24) is 9.78 Å². The average Bonchev–Trinajstić information content (AvgIpc) is 2.59. The number of nitrogens with zero attached hydrogens (tertiary/aromatic N) is 2. The summed E-state index contributed by atoms with van der Waals surface area (Å²) >= 11 is 0. The molecule has 1 aromatic heterocycles. The summed E-state index contributed by atoms with van der Waals surface area (Å²) < 4.78 is 11.4. The lowest BCUT2D eigenvalue weighted by Crippen LogP contribution is -2.09. The summed E-state index contributed by atoms with van der Waals surface area (Å²) in [5.41, 5.74) is 5.52.